The van der Waals surface area contributed by atoms with Crippen LogP contribution in [0.1, 0.15) is 33.9 Å². The van der Waals surface area contributed by atoms with Gasteiger partial charge in [0.05, 0.1) is 23.9 Å². The van der Waals surface area contributed by atoms with Crippen molar-refractivity contribution in [2.75, 3.05) is 11.9 Å². The van der Waals surface area contributed by atoms with Crippen molar-refractivity contribution < 1.29 is 32.7 Å². The number of carboxylic acids is 1. The molecule has 38 heavy (non-hydrogen) atoms. The molecule has 0 saturated carbocycles. The first-order valence-corrected chi connectivity index (χ1v) is 12.7. The van der Waals surface area contributed by atoms with Gasteiger partial charge in [-0.2, -0.15) is 0 Å². The first kappa shape index (κ1) is 27.8. The van der Waals surface area contributed by atoms with Gasteiger partial charge in [0.1, 0.15) is 0 Å². The summed E-state index contributed by atoms with van der Waals surface area (Å²) in [6.45, 7) is 1.35. The minimum absolute atomic E-state index is 0.0845. The zero-order valence-corrected chi connectivity index (χ0v) is 21.0. The number of nitrogens with zero attached hydrogens (tertiary/aromatic N) is 1. The average molecular weight is 540 g/mol. The number of hydrogen-bond donors (Lipinski definition) is 5. The van der Waals surface area contributed by atoms with Crippen molar-refractivity contribution in [3.8, 4) is 0 Å². The Hall–Kier alpha value is -4.78. The van der Waals surface area contributed by atoms with Crippen LogP contribution >= 0.6 is 0 Å². The average Bonchev–Trinajstić information content (AvgIpc) is 2.87. The lowest BCUT2D eigenvalue weighted by atomic mass is 10.1. The maximum absolute atomic E-state index is 12.5. The van der Waals surface area contributed by atoms with Gasteiger partial charge in [0.15, 0.2) is 0 Å². The van der Waals surface area contributed by atoms with Crippen LogP contribution in [0.2, 0.25) is 0 Å². The van der Waals surface area contributed by atoms with E-state index in [0.29, 0.717) is 5.56 Å². The van der Waals surface area contributed by atoms with Gasteiger partial charge in [0.25, 0.3) is 15.9 Å². The summed E-state index contributed by atoms with van der Waals surface area (Å²) >= 11 is 0. The summed E-state index contributed by atoms with van der Waals surface area (Å²) in [6, 6.07) is 12.9. The van der Waals surface area contributed by atoms with Gasteiger partial charge >= 0.3 is 12.0 Å². The lowest BCUT2D eigenvalue weighted by molar-refractivity contribution is -0.137. The van der Waals surface area contributed by atoms with Crippen molar-refractivity contribution in [3.05, 3.63) is 89.7 Å². The van der Waals surface area contributed by atoms with E-state index in [0.717, 1.165) is 5.56 Å². The molecule has 1 atom stereocenters. The Balaban J connectivity index is 1.57. The normalized spacial score (nSPS) is 11.6. The SMILES string of the molecule is Cc1ccc(S(=O)(=O)NC(=O)Nc2cccc(C(=O)NCC(=O)NC(CC(=O)O)c3cccnc3)c2)cc1. The zero-order valence-electron chi connectivity index (χ0n) is 20.2. The molecule has 0 saturated heterocycles. The highest BCUT2D eigenvalue weighted by Crippen LogP contribution is 2.16. The lowest BCUT2D eigenvalue weighted by Gasteiger charge is -2.17. The van der Waals surface area contributed by atoms with Crippen LogP contribution in [0, 0.1) is 6.92 Å². The van der Waals surface area contributed by atoms with Crippen LogP contribution in [-0.2, 0) is 19.6 Å². The van der Waals surface area contributed by atoms with E-state index >= 15 is 0 Å². The summed E-state index contributed by atoms with van der Waals surface area (Å²) in [6.07, 6.45) is 2.58. The molecule has 0 bridgehead atoms. The van der Waals surface area contributed by atoms with Crippen LogP contribution in [0.5, 0.6) is 0 Å². The molecule has 13 heteroatoms. The number of hydrogen-bond acceptors (Lipinski definition) is 7. The standard InChI is InChI=1S/C25H25N5O7S/c1-16-7-9-20(10-8-16)38(36,37)30-25(35)28-19-6-2-4-17(12-19)24(34)27-15-22(31)29-21(13-23(32)33)18-5-3-11-26-14-18/h2-12,14,21H,13,15H2,1H3,(H,27,34)(H,29,31)(H,32,33)(H2,28,30,35). The molecule has 0 radical (unpaired) electrons. The van der Waals surface area contributed by atoms with E-state index in [-0.39, 0.29) is 22.6 Å². The molecule has 198 valence electrons. The van der Waals surface area contributed by atoms with E-state index in [9.17, 15) is 27.6 Å². The third-order valence-corrected chi connectivity index (χ3v) is 6.50. The first-order chi connectivity index (χ1) is 18.0. The fraction of sp³-hybridized carbons (Fsp3) is 0.160. The maximum Gasteiger partial charge on any atom is 0.333 e. The largest absolute Gasteiger partial charge is 0.481 e. The Morgan fingerprint density at radius 2 is 1.74 bits per heavy atom. The second kappa shape index (κ2) is 12.5. The summed E-state index contributed by atoms with van der Waals surface area (Å²) in [4.78, 5) is 52.2. The number of pyridine rings is 1. The highest BCUT2D eigenvalue weighted by atomic mass is 32.2. The van der Waals surface area contributed by atoms with Gasteiger partial charge in [0, 0.05) is 23.6 Å². The number of urea groups is 1. The second-order valence-electron chi connectivity index (χ2n) is 8.14. The number of anilines is 1. The Kier molecular flexibility index (Phi) is 9.11. The number of carbonyl (C=O) groups is 4. The molecule has 1 aromatic heterocycles. The van der Waals surface area contributed by atoms with Gasteiger partial charge < -0.3 is 21.1 Å². The minimum Gasteiger partial charge on any atom is -0.481 e. The van der Waals surface area contributed by atoms with E-state index in [4.69, 9.17) is 5.11 Å². The van der Waals surface area contributed by atoms with E-state index in [1.807, 2.05) is 4.72 Å². The molecule has 5 N–H and O–H groups in total. The molecule has 0 spiro atoms. The Morgan fingerprint density at radius 3 is 2.39 bits per heavy atom. The van der Waals surface area contributed by atoms with Gasteiger partial charge in [0.2, 0.25) is 5.91 Å². The number of carboxylic acid groups (broad SMARTS) is 1. The monoisotopic (exact) mass is 539 g/mol. The number of aromatic nitrogens is 1. The predicted molar refractivity (Wildman–Crippen MR) is 137 cm³/mol. The van der Waals surface area contributed by atoms with Gasteiger partial charge in [-0.25, -0.2) is 17.9 Å². The fourth-order valence-corrected chi connectivity index (χ4v) is 4.22. The first-order valence-electron chi connectivity index (χ1n) is 11.2. The third kappa shape index (κ3) is 8.13. The molecule has 2 aromatic carbocycles. The molecular weight excluding hydrogens is 514 g/mol. The van der Waals surface area contributed by atoms with Crippen LogP contribution in [0.3, 0.4) is 0 Å². The van der Waals surface area contributed by atoms with E-state index in [1.165, 1.54) is 48.8 Å². The minimum atomic E-state index is -4.11. The molecule has 12 nitrogen and oxygen atoms in total. The van der Waals surface area contributed by atoms with Crippen molar-refractivity contribution in [1.29, 1.82) is 0 Å². The number of benzene rings is 2. The Bertz CT molecular complexity index is 1430. The third-order valence-electron chi connectivity index (χ3n) is 5.15. The highest BCUT2D eigenvalue weighted by molar-refractivity contribution is 7.90. The lowest BCUT2D eigenvalue weighted by Crippen LogP contribution is -2.39. The highest BCUT2D eigenvalue weighted by Gasteiger charge is 2.20. The Labute approximate surface area is 218 Å². The van der Waals surface area contributed by atoms with Gasteiger partial charge in [-0.1, -0.05) is 29.8 Å². The number of aryl methyl sites for hydroxylation is 1. The molecule has 0 aliphatic heterocycles. The summed E-state index contributed by atoms with van der Waals surface area (Å²) in [5, 5.41) is 16.5. The van der Waals surface area contributed by atoms with Crippen LogP contribution in [-0.4, -0.2) is 48.9 Å². The molecule has 3 rings (SSSR count). The quantitative estimate of drug-likeness (QED) is 0.259. The van der Waals surface area contributed by atoms with Crippen LogP contribution in [0.25, 0.3) is 0 Å². The van der Waals surface area contributed by atoms with Gasteiger partial charge in [-0.15, -0.1) is 0 Å². The molecule has 1 unspecified atom stereocenters. The molecular formula is C25H25N5O7S. The van der Waals surface area contributed by atoms with E-state index < -0.39 is 46.4 Å². The van der Waals surface area contributed by atoms with Crippen molar-refractivity contribution >= 4 is 39.5 Å². The topological polar surface area (TPSA) is 184 Å². The summed E-state index contributed by atoms with van der Waals surface area (Å²) in [7, 11) is -4.11. The number of rotatable bonds is 10. The van der Waals surface area contributed by atoms with Crippen LogP contribution in [0.4, 0.5) is 10.5 Å². The maximum atomic E-state index is 12.5. The van der Waals surface area contributed by atoms with E-state index in [1.54, 1.807) is 31.2 Å². The summed E-state index contributed by atoms with van der Waals surface area (Å²) in [5.41, 5.74) is 1.58. The number of amides is 4. The van der Waals surface area contributed by atoms with Gasteiger partial charge in [-0.3, -0.25) is 19.4 Å². The predicted octanol–water partition coefficient (Wildman–Crippen LogP) is 1.96. The zero-order chi connectivity index (χ0) is 27.7. The van der Waals surface area contributed by atoms with E-state index in [2.05, 4.69) is 20.9 Å². The number of aliphatic carboxylic acids is 1. The Morgan fingerprint density at radius 1 is 1.00 bits per heavy atom. The van der Waals surface area contributed by atoms with Crippen molar-refractivity contribution in [2.45, 2.75) is 24.3 Å². The molecule has 0 aliphatic rings. The van der Waals surface area contributed by atoms with Gasteiger partial charge in [-0.05, 0) is 48.9 Å². The number of sulfonamides is 1. The van der Waals surface area contributed by atoms with Crippen molar-refractivity contribution in [2.24, 2.45) is 0 Å². The smallest absolute Gasteiger partial charge is 0.333 e. The van der Waals surface area contributed by atoms with Crippen LogP contribution in [0.15, 0.2) is 78.0 Å². The number of carbonyl (C=O) groups excluding carboxylic acids is 3. The number of nitrogens with one attached hydrogen (secondary N) is 4. The van der Waals surface area contributed by atoms with Crippen molar-refractivity contribution in [3.63, 3.8) is 0 Å². The summed E-state index contributed by atoms with van der Waals surface area (Å²) in [5.74, 6) is -2.39. The molecule has 4 amide bonds. The second-order valence-corrected chi connectivity index (χ2v) is 9.82. The summed E-state index contributed by atoms with van der Waals surface area (Å²) < 4.78 is 26.7. The van der Waals surface area contributed by atoms with Crippen LogP contribution < -0.4 is 20.7 Å². The molecule has 1 heterocycles. The van der Waals surface area contributed by atoms with Crippen molar-refractivity contribution in [1.82, 2.24) is 20.3 Å². The molecule has 0 aliphatic carbocycles. The fourth-order valence-electron chi connectivity index (χ4n) is 3.31. The molecule has 0 fully saturated rings. The molecule has 3 aromatic rings.